The molecular formula is C8H9ClN2O2S2. The second-order valence-corrected chi connectivity index (χ2v) is 7.50. The van der Waals surface area contributed by atoms with E-state index in [-0.39, 0.29) is 17.0 Å². The zero-order chi connectivity index (χ0) is 10.6. The second kappa shape index (κ2) is 3.09. The molecule has 1 aromatic rings. The van der Waals surface area contributed by atoms with Crippen LogP contribution in [-0.4, -0.2) is 37.0 Å². The van der Waals surface area contributed by atoms with Gasteiger partial charge in [-0.3, -0.25) is 0 Å². The van der Waals surface area contributed by atoms with Gasteiger partial charge in [0.15, 0.2) is 15.0 Å². The predicted octanol–water partition coefficient (Wildman–Crippen LogP) is 1.17. The number of sulfone groups is 1. The first-order valence-corrected chi connectivity index (χ1v) is 7.63. The highest BCUT2D eigenvalue weighted by molar-refractivity contribution is 7.92. The molecule has 0 aromatic carbocycles. The summed E-state index contributed by atoms with van der Waals surface area (Å²) in [6.45, 7) is 0.580. The summed E-state index contributed by atoms with van der Waals surface area (Å²) in [4.78, 5) is 6.25. The molecule has 2 unspecified atom stereocenters. The van der Waals surface area contributed by atoms with E-state index in [1.807, 2.05) is 0 Å². The van der Waals surface area contributed by atoms with Gasteiger partial charge in [-0.25, -0.2) is 13.4 Å². The minimum Gasteiger partial charge on any atom is -0.343 e. The fourth-order valence-corrected chi connectivity index (χ4v) is 5.36. The first kappa shape index (κ1) is 9.86. The molecular weight excluding hydrogens is 256 g/mol. The zero-order valence-corrected chi connectivity index (χ0v) is 10.1. The number of anilines is 1. The summed E-state index contributed by atoms with van der Waals surface area (Å²) in [5.41, 5.74) is 0. The molecule has 2 bridgehead atoms. The van der Waals surface area contributed by atoms with Crippen LogP contribution in [0.4, 0.5) is 5.13 Å². The van der Waals surface area contributed by atoms with Crippen molar-refractivity contribution < 1.29 is 8.42 Å². The van der Waals surface area contributed by atoms with E-state index in [1.165, 1.54) is 11.3 Å². The van der Waals surface area contributed by atoms with Crippen LogP contribution in [0.3, 0.4) is 0 Å². The van der Waals surface area contributed by atoms with Gasteiger partial charge in [-0.05, 0) is 6.42 Å². The highest BCUT2D eigenvalue weighted by Gasteiger charge is 2.49. The van der Waals surface area contributed by atoms with Crippen molar-refractivity contribution in [3.05, 3.63) is 10.5 Å². The molecule has 2 fully saturated rings. The van der Waals surface area contributed by atoms with Crippen molar-refractivity contribution in [1.29, 1.82) is 0 Å². The summed E-state index contributed by atoms with van der Waals surface area (Å²) in [6, 6.07) is 0.113. The van der Waals surface area contributed by atoms with Crippen LogP contribution >= 0.6 is 22.9 Å². The molecule has 0 amide bonds. The molecule has 0 aliphatic carbocycles. The van der Waals surface area contributed by atoms with Crippen molar-refractivity contribution in [2.45, 2.75) is 17.7 Å². The maximum absolute atomic E-state index is 11.5. The number of halogens is 1. The minimum absolute atomic E-state index is 0.113. The molecule has 82 valence electrons. The predicted molar refractivity (Wildman–Crippen MR) is 60.4 cm³/mol. The third kappa shape index (κ3) is 1.46. The van der Waals surface area contributed by atoms with Gasteiger partial charge >= 0.3 is 0 Å². The van der Waals surface area contributed by atoms with Crippen LogP contribution in [0.5, 0.6) is 0 Å². The SMILES string of the molecule is O=S1(=O)CC2CC1CN2c1nc(Cl)cs1. The lowest BCUT2D eigenvalue weighted by molar-refractivity contribution is 0.585. The van der Waals surface area contributed by atoms with E-state index in [1.54, 1.807) is 5.38 Å². The molecule has 0 radical (unpaired) electrons. The van der Waals surface area contributed by atoms with Crippen LogP contribution in [0, 0.1) is 0 Å². The van der Waals surface area contributed by atoms with E-state index < -0.39 is 9.84 Å². The maximum atomic E-state index is 11.5. The Morgan fingerprint density at radius 3 is 2.87 bits per heavy atom. The van der Waals surface area contributed by atoms with Gasteiger partial charge in [0.05, 0.1) is 11.0 Å². The molecule has 3 rings (SSSR count). The van der Waals surface area contributed by atoms with Crippen molar-refractivity contribution in [3.8, 4) is 0 Å². The summed E-state index contributed by atoms with van der Waals surface area (Å²) >= 11 is 7.23. The quantitative estimate of drug-likeness (QED) is 0.764. The van der Waals surface area contributed by atoms with Crippen LogP contribution in [0.25, 0.3) is 0 Å². The van der Waals surface area contributed by atoms with Gasteiger partial charge in [-0.1, -0.05) is 11.6 Å². The lowest BCUT2D eigenvalue weighted by atomic mass is 10.2. The van der Waals surface area contributed by atoms with Crippen molar-refractivity contribution >= 4 is 37.9 Å². The molecule has 15 heavy (non-hydrogen) atoms. The first-order valence-electron chi connectivity index (χ1n) is 4.65. The van der Waals surface area contributed by atoms with Gasteiger partial charge in [0.25, 0.3) is 0 Å². The van der Waals surface area contributed by atoms with Crippen molar-refractivity contribution in [3.63, 3.8) is 0 Å². The molecule has 4 nitrogen and oxygen atoms in total. The van der Waals surface area contributed by atoms with Crippen LogP contribution in [0.2, 0.25) is 5.15 Å². The Balaban J connectivity index is 1.90. The average molecular weight is 265 g/mol. The van der Waals surface area contributed by atoms with Crippen LogP contribution in [0.1, 0.15) is 6.42 Å². The standard InChI is InChI=1S/C8H9ClN2O2S2/c9-7-3-14-8(10-7)11-2-6-1-5(11)4-15(6,12)13/h3,5-6H,1-2,4H2. The van der Waals surface area contributed by atoms with Gasteiger partial charge in [0, 0.05) is 18.0 Å². The Bertz CT molecular complexity index is 498. The van der Waals surface area contributed by atoms with E-state index in [9.17, 15) is 8.42 Å². The summed E-state index contributed by atoms with van der Waals surface area (Å²) in [5, 5.41) is 2.92. The average Bonchev–Trinajstić information content (AvgIpc) is 2.76. The van der Waals surface area contributed by atoms with Crippen LogP contribution < -0.4 is 4.90 Å². The minimum atomic E-state index is -2.82. The van der Waals surface area contributed by atoms with E-state index in [2.05, 4.69) is 9.88 Å². The fraction of sp³-hybridized carbons (Fsp3) is 0.625. The number of thiazole rings is 1. The third-order valence-corrected chi connectivity index (χ3v) is 6.43. The Labute approximate surface area is 96.8 Å². The second-order valence-electron chi connectivity index (χ2n) is 3.95. The van der Waals surface area contributed by atoms with Gasteiger partial charge < -0.3 is 4.90 Å². The van der Waals surface area contributed by atoms with Gasteiger partial charge in [0.2, 0.25) is 0 Å². The van der Waals surface area contributed by atoms with E-state index in [4.69, 9.17) is 11.6 Å². The van der Waals surface area contributed by atoms with E-state index in [0.717, 1.165) is 11.6 Å². The summed E-state index contributed by atoms with van der Waals surface area (Å²) < 4.78 is 23.1. The molecule has 0 saturated carbocycles. The lowest BCUT2D eigenvalue weighted by Gasteiger charge is -2.25. The van der Waals surface area contributed by atoms with Crippen molar-refractivity contribution in [2.75, 3.05) is 17.2 Å². The van der Waals surface area contributed by atoms with Crippen LogP contribution in [-0.2, 0) is 9.84 Å². The van der Waals surface area contributed by atoms with Crippen molar-refractivity contribution in [1.82, 2.24) is 4.98 Å². The Morgan fingerprint density at radius 2 is 2.40 bits per heavy atom. The Morgan fingerprint density at radius 1 is 1.60 bits per heavy atom. The molecule has 0 spiro atoms. The number of hydrogen-bond acceptors (Lipinski definition) is 5. The van der Waals surface area contributed by atoms with Gasteiger partial charge in [0.1, 0.15) is 5.15 Å². The monoisotopic (exact) mass is 264 g/mol. The topological polar surface area (TPSA) is 50.3 Å². The Kier molecular flexibility index (Phi) is 2.03. The number of aromatic nitrogens is 1. The summed E-state index contributed by atoms with van der Waals surface area (Å²) in [7, 11) is -2.82. The maximum Gasteiger partial charge on any atom is 0.187 e. The molecule has 3 heterocycles. The molecule has 7 heteroatoms. The molecule has 0 N–H and O–H groups in total. The van der Waals surface area contributed by atoms with Gasteiger partial charge in [-0.2, -0.15) is 0 Å². The van der Waals surface area contributed by atoms with E-state index >= 15 is 0 Å². The largest absolute Gasteiger partial charge is 0.343 e. The highest BCUT2D eigenvalue weighted by atomic mass is 35.5. The Hall–Kier alpha value is -0.330. The number of rotatable bonds is 1. The zero-order valence-electron chi connectivity index (χ0n) is 7.76. The first-order chi connectivity index (χ1) is 7.06. The number of hydrogen-bond donors (Lipinski definition) is 0. The lowest BCUT2D eigenvalue weighted by Crippen LogP contribution is -2.40. The summed E-state index contributed by atoms with van der Waals surface area (Å²) in [6.07, 6.45) is 0.750. The third-order valence-electron chi connectivity index (χ3n) is 3.02. The van der Waals surface area contributed by atoms with Gasteiger partial charge in [-0.15, -0.1) is 11.3 Å². The fourth-order valence-electron chi connectivity index (χ4n) is 2.31. The highest BCUT2D eigenvalue weighted by Crippen LogP contribution is 2.37. The molecule has 2 saturated heterocycles. The molecule has 2 aliphatic heterocycles. The molecule has 2 atom stereocenters. The smallest absolute Gasteiger partial charge is 0.187 e. The number of fused-ring (bicyclic) bond motifs is 2. The van der Waals surface area contributed by atoms with Crippen LogP contribution in [0.15, 0.2) is 5.38 Å². The molecule has 1 aromatic heterocycles. The van der Waals surface area contributed by atoms with E-state index in [0.29, 0.717) is 11.7 Å². The summed E-state index contributed by atoms with van der Waals surface area (Å²) in [5.74, 6) is 0.273. The normalized spacial score (nSPS) is 32.5. The number of nitrogens with zero attached hydrogens (tertiary/aromatic N) is 2. The van der Waals surface area contributed by atoms with Crippen molar-refractivity contribution in [2.24, 2.45) is 0 Å². The molecule has 2 aliphatic rings.